The van der Waals surface area contributed by atoms with Crippen LogP contribution in [0.4, 0.5) is 10.1 Å². The number of rotatable bonds is 7. The summed E-state index contributed by atoms with van der Waals surface area (Å²) in [6.45, 7) is 3.25. The van der Waals surface area contributed by atoms with Crippen molar-refractivity contribution in [3.63, 3.8) is 0 Å². The Bertz CT molecular complexity index is 878. The molecule has 1 aromatic carbocycles. The summed E-state index contributed by atoms with van der Waals surface area (Å²) in [6, 6.07) is 3.83. The maximum atomic E-state index is 14.4. The van der Waals surface area contributed by atoms with Crippen molar-refractivity contribution in [3.8, 4) is 0 Å². The number of esters is 2. The third-order valence-electron chi connectivity index (χ3n) is 4.32. The lowest BCUT2D eigenvalue weighted by atomic mass is 9.99. The number of ether oxygens (including phenoxy) is 2. The number of anilines is 1. The Morgan fingerprint density at radius 3 is 2.64 bits per heavy atom. The van der Waals surface area contributed by atoms with E-state index in [2.05, 4.69) is 9.46 Å². The van der Waals surface area contributed by atoms with Gasteiger partial charge in [0, 0.05) is 0 Å². The van der Waals surface area contributed by atoms with E-state index < -0.39 is 33.0 Å². The number of carbonyl (C=O) groups excluding carboxylic acids is 2. The van der Waals surface area contributed by atoms with E-state index in [1.54, 1.807) is 19.9 Å². The summed E-state index contributed by atoms with van der Waals surface area (Å²) in [5, 5.41) is -1.11. The molecule has 0 saturated heterocycles. The lowest BCUT2D eigenvalue weighted by molar-refractivity contribution is -0.148. The molecule has 0 aliphatic heterocycles. The van der Waals surface area contributed by atoms with Crippen molar-refractivity contribution >= 4 is 27.6 Å². The van der Waals surface area contributed by atoms with Crippen molar-refractivity contribution in [2.75, 3.05) is 11.8 Å². The first-order chi connectivity index (χ1) is 13.2. The fourth-order valence-electron chi connectivity index (χ4n) is 2.78. The molecule has 7 nitrogen and oxygen atoms in total. The number of hydrogen-bond acceptors (Lipinski definition) is 6. The molecule has 9 heteroatoms. The minimum absolute atomic E-state index is 0.0545. The monoisotopic (exact) mass is 413 g/mol. The maximum absolute atomic E-state index is 14.4. The predicted molar refractivity (Wildman–Crippen MR) is 101 cm³/mol. The van der Waals surface area contributed by atoms with Crippen molar-refractivity contribution < 1.29 is 31.9 Å². The summed E-state index contributed by atoms with van der Waals surface area (Å²) in [5.41, 5.74) is 0.204. The number of nitrogens with one attached hydrogen (secondary N) is 1. The zero-order valence-electron chi connectivity index (χ0n) is 16.0. The van der Waals surface area contributed by atoms with E-state index in [1.807, 2.05) is 0 Å². The number of allylic oxidation sites excluding steroid dienone is 1. The summed E-state index contributed by atoms with van der Waals surface area (Å²) >= 11 is 0. The van der Waals surface area contributed by atoms with Gasteiger partial charge < -0.3 is 9.47 Å². The summed E-state index contributed by atoms with van der Waals surface area (Å²) < 4.78 is 51.7. The lowest BCUT2D eigenvalue weighted by Crippen LogP contribution is -2.34. The molecule has 0 fully saturated rings. The Kier molecular flexibility index (Phi) is 7.17. The van der Waals surface area contributed by atoms with Crippen LogP contribution in [0.5, 0.6) is 0 Å². The van der Waals surface area contributed by atoms with E-state index in [0.29, 0.717) is 18.4 Å². The second-order valence-corrected chi connectivity index (χ2v) is 8.66. The molecule has 2 rings (SSSR count). The van der Waals surface area contributed by atoms with Crippen molar-refractivity contribution in [1.82, 2.24) is 0 Å². The van der Waals surface area contributed by atoms with Gasteiger partial charge in [0.05, 0.1) is 24.3 Å². The standard InChI is InChI=1S/C19H24FNO6S/c1-12(2)18(22)27-11-13-8-9-16(15(20)10-13)21-28(24,25)17-7-5-4-6-14(17)19(23)26-3/h6,8-10,12,17,21H,4-5,7,11H2,1-3H3. The highest BCUT2D eigenvalue weighted by Crippen LogP contribution is 2.28. The van der Waals surface area contributed by atoms with Crippen LogP contribution >= 0.6 is 0 Å². The molecule has 1 unspecified atom stereocenters. The minimum atomic E-state index is -4.06. The molecular weight excluding hydrogens is 389 g/mol. The van der Waals surface area contributed by atoms with Gasteiger partial charge in [0.15, 0.2) is 0 Å². The van der Waals surface area contributed by atoms with Gasteiger partial charge in [-0.05, 0) is 37.0 Å². The van der Waals surface area contributed by atoms with Crippen molar-refractivity contribution in [1.29, 1.82) is 0 Å². The fraction of sp³-hybridized carbons (Fsp3) is 0.474. The largest absolute Gasteiger partial charge is 0.466 e. The van der Waals surface area contributed by atoms with Crippen LogP contribution in [0.15, 0.2) is 29.8 Å². The topological polar surface area (TPSA) is 98.8 Å². The van der Waals surface area contributed by atoms with Crippen LogP contribution in [-0.4, -0.2) is 32.7 Å². The Balaban J connectivity index is 2.15. The summed E-state index contributed by atoms with van der Waals surface area (Å²) in [4.78, 5) is 23.4. The first-order valence-electron chi connectivity index (χ1n) is 8.90. The molecule has 0 aromatic heterocycles. The quantitative estimate of drug-likeness (QED) is 0.690. The van der Waals surface area contributed by atoms with Crippen molar-refractivity contribution in [2.45, 2.75) is 45.0 Å². The maximum Gasteiger partial charge on any atom is 0.334 e. The minimum Gasteiger partial charge on any atom is -0.466 e. The second kappa shape index (κ2) is 9.18. The molecule has 1 aromatic rings. The van der Waals surface area contributed by atoms with Crippen LogP contribution in [0.1, 0.15) is 38.7 Å². The van der Waals surface area contributed by atoms with Crippen LogP contribution in [0.3, 0.4) is 0 Å². The molecule has 0 amide bonds. The van der Waals surface area contributed by atoms with Gasteiger partial charge in [-0.2, -0.15) is 0 Å². The van der Waals surface area contributed by atoms with Gasteiger partial charge in [-0.1, -0.05) is 26.0 Å². The number of halogens is 1. The summed E-state index contributed by atoms with van der Waals surface area (Å²) in [5.74, 6) is -2.23. The molecule has 1 aliphatic rings. The molecule has 1 N–H and O–H groups in total. The van der Waals surface area contributed by atoms with Gasteiger partial charge in [0.25, 0.3) is 0 Å². The van der Waals surface area contributed by atoms with Crippen LogP contribution in [0.25, 0.3) is 0 Å². The normalized spacial score (nSPS) is 17.0. The average molecular weight is 413 g/mol. The van der Waals surface area contributed by atoms with E-state index in [-0.39, 0.29) is 30.2 Å². The molecule has 0 saturated carbocycles. The first kappa shape index (κ1) is 21.9. The molecule has 0 spiro atoms. The molecule has 1 aliphatic carbocycles. The molecule has 28 heavy (non-hydrogen) atoms. The fourth-order valence-corrected chi connectivity index (χ4v) is 4.40. The van der Waals surface area contributed by atoms with E-state index >= 15 is 0 Å². The van der Waals surface area contributed by atoms with E-state index in [9.17, 15) is 22.4 Å². The van der Waals surface area contributed by atoms with Gasteiger partial charge in [0.2, 0.25) is 10.0 Å². The van der Waals surface area contributed by atoms with E-state index in [0.717, 1.165) is 6.07 Å². The molecule has 0 bridgehead atoms. The van der Waals surface area contributed by atoms with Gasteiger partial charge in [-0.15, -0.1) is 0 Å². The van der Waals surface area contributed by atoms with Crippen LogP contribution in [0, 0.1) is 11.7 Å². The molecule has 0 heterocycles. The zero-order chi connectivity index (χ0) is 20.9. The summed E-state index contributed by atoms with van der Waals surface area (Å²) in [6.07, 6.45) is 2.95. The van der Waals surface area contributed by atoms with Crippen LogP contribution < -0.4 is 4.72 Å². The number of carbonyl (C=O) groups is 2. The van der Waals surface area contributed by atoms with Gasteiger partial charge in [-0.3, -0.25) is 9.52 Å². The Labute approximate surface area is 164 Å². The average Bonchev–Trinajstić information content (AvgIpc) is 2.67. The van der Waals surface area contributed by atoms with Crippen LogP contribution in [-0.2, 0) is 35.7 Å². The predicted octanol–water partition coefficient (Wildman–Crippen LogP) is 2.92. The van der Waals surface area contributed by atoms with E-state index in [4.69, 9.17) is 4.74 Å². The highest BCUT2D eigenvalue weighted by molar-refractivity contribution is 7.93. The molecule has 1 atom stereocenters. The zero-order valence-corrected chi connectivity index (χ0v) is 16.8. The van der Waals surface area contributed by atoms with Gasteiger partial charge in [-0.25, -0.2) is 17.6 Å². The summed E-state index contributed by atoms with van der Waals surface area (Å²) in [7, 11) is -2.88. The SMILES string of the molecule is COC(=O)C1=CCCCC1S(=O)(=O)Nc1ccc(COC(=O)C(C)C)cc1F. The lowest BCUT2D eigenvalue weighted by Gasteiger charge is -2.23. The Morgan fingerprint density at radius 1 is 1.32 bits per heavy atom. The number of benzene rings is 1. The van der Waals surface area contributed by atoms with E-state index in [1.165, 1.54) is 19.2 Å². The van der Waals surface area contributed by atoms with Crippen LogP contribution in [0.2, 0.25) is 0 Å². The molecule has 154 valence electrons. The number of sulfonamides is 1. The number of hydrogen-bond donors (Lipinski definition) is 1. The third kappa shape index (κ3) is 5.31. The second-order valence-electron chi connectivity index (χ2n) is 6.79. The van der Waals surface area contributed by atoms with Gasteiger partial charge in [0.1, 0.15) is 17.7 Å². The third-order valence-corrected chi connectivity index (χ3v) is 6.06. The van der Waals surface area contributed by atoms with Crippen molar-refractivity contribution in [2.24, 2.45) is 5.92 Å². The highest BCUT2D eigenvalue weighted by Gasteiger charge is 2.35. The molecule has 0 radical (unpaired) electrons. The Hall–Kier alpha value is -2.42. The highest BCUT2D eigenvalue weighted by atomic mass is 32.2. The first-order valence-corrected chi connectivity index (χ1v) is 10.5. The molecular formula is C19H24FNO6S. The number of methoxy groups -OCH3 is 1. The van der Waals surface area contributed by atoms with Crippen molar-refractivity contribution in [3.05, 3.63) is 41.2 Å². The smallest absolute Gasteiger partial charge is 0.334 e. The Morgan fingerprint density at radius 2 is 2.04 bits per heavy atom. The van der Waals surface area contributed by atoms with Gasteiger partial charge >= 0.3 is 11.9 Å².